The quantitative estimate of drug-likeness (QED) is 0.851. The third-order valence-corrected chi connectivity index (χ3v) is 4.65. The van der Waals surface area contributed by atoms with Crippen LogP contribution in [0.5, 0.6) is 0 Å². The maximum absolute atomic E-state index is 12.3. The van der Waals surface area contributed by atoms with Crippen LogP contribution < -0.4 is 5.56 Å². The van der Waals surface area contributed by atoms with Crippen LogP contribution in [0.4, 0.5) is 0 Å². The summed E-state index contributed by atoms with van der Waals surface area (Å²) in [6.45, 7) is 8.08. The Hall–Kier alpha value is -2.44. The molecule has 2 aromatic heterocycles. The number of aromatic nitrogens is 3. The van der Waals surface area contributed by atoms with E-state index in [-0.39, 0.29) is 22.6 Å². The van der Waals surface area contributed by atoms with Crippen LogP contribution in [0, 0.1) is 5.92 Å². The van der Waals surface area contributed by atoms with Crippen molar-refractivity contribution in [1.29, 1.82) is 0 Å². The number of nitrogens with zero attached hydrogens (tertiary/aromatic N) is 4. The first kappa shape index (κ1) is 17.4. The van der Waals surface area contributed by atoms with E-state index in [1.807, 2.05) is 20.8 Å². The van der Waals surface area contributed by atoms with Gasteiger partial charge in [0.2, 0.25) is 5.76 Å². The SMILES string of the molecule is CC(C)(C)c1cc(=O)n(CC2CCN(C(=O)c3ccno3)CC2)cn1. The van der Waals surface area contributed by atoms with Gasteiger partial charge in [-0.15, -0.1) is 0 Å². The largest absolute Gasteiger partial charge is 0.351 e. The Kier molecular flexibility index (Phi) is 4.74. The fraction of sp³-hybridized carbons (Fsp3) is 0.556. The number of amides is 1. The van der Waals surface area contributed by atoms with E-state index in [1.54, 1.807) is 27.9 Å². The van der Waals surface area contributed by atoms with Gasteiger partial charge >= 0.3 is 0 Å². The highest BCUT2D eigenvalue weighted by molar-refractivity contribution is 5.91. The first-order chi connectivity index (χ1) is 11.8. The first-order valence-electron chi connectivity index (χ1n) is 8.61. The summed E-state index contributed by atoms with van der Waals surface area (Å²) in [5.41, 5.74) is 0.659. The molecule has 0 aliphatic carbocycles. The van der Waals surface area contributed by atoms with Crippen LogP contribution in [-0.4, -0.2) is 38.6 Å². The van der Waals surface area contributed by atoms with E-state index in [0.29, 0.717) is 25.6 Å². The zero-order valence-electron chi connectivity index (χ0n) is 14.9. The molecule has 1 aliphatic rings. The lowest BCUT2D eigenvalue weighted by molar-refractivity contribution is 0.0640. The number of hydrogen-bond donors (Lipinski definition) is 0. The molecular formula is C18H24N4O3. The highest BCUT2D eigenvalue weighted by atomic mass is 16.5. The van der Waals surface area contributed by atoms with Gasteiger partial charge < -0.3 is 9.42 Å². The zero-order valence-corrected chi connectivity index (χ0v) is 14.9. The van der Waals surface area contributed by atoms with E-state index >= 15 is 0 Å². The van der Waals surface area contributed by atoms with Crippen LogP contribution in [0.25, 0.3) is 0 Å². The lowest BCUT2D eigenvalue weighted by Crippen LogP contribution is -2.40. The van der Waals surface area contributed by atoms with Crippen LogP contribution in [0.2, 0.25) is 0 Å². The number of rotatable bonds is 3. The van der Waals surface area contributed by atoms with E-state index in [1.165, 1.54) is 6.20 Å². The molecule has 0 bridgehead atoms. The van der Waals surface area contributed by atoms with E-state index < -0.39 is 0 Å². The molecule has 0 unspecified atom stereocenters. The van der Waals surface area contributed by atoms with Crippen molar-refractivity contribution in [3.05, 3.63) is 46.5 Å². The van der Waals surface area contributed by atoms with Gasteiger partial charge in [-0.1, -0.05) is 25.9 Å². The normalized spacial score (nSPS) is 16.2. The first-order valence-corrected chi connectivity index (χ1v) is 8.61. The Balaban J connectivity index is 1.59. The van der Waals surface area contributed by atoms with Crippen molar-refractivity contribution in [3.63, 3.8) is 0 Å². The van der Waals surface area contributed by atoms with Gasteiger partial charge in [-0.25, -0.2) is 4.98 Å². The van der Waals surface area contributed by atoms with Crippen molar-refractivity contribution in [3.8, 4) is 0 Å². The second kappa shape index (κ2) is 6.82. The molecule has 1 fully saturated rings. The summed E-state index contributed by atoms with van der Waals surface area (Å²) in [4.78, 5) is 30.8. The predicted molar refractivity (Wildman–Crippen MR) is 92.3 cm³/mol. The summed E-state index contributed by atoms with van der Waals surface area (Å²) >= 11 is 0. The molecule has 0 atom stereocenters. The molecule has 0 saturated carbocycles. The molecule has 3 heterocycles. The lowest BCUT2D eigenvalue weighted by atomic mass is 9.92. The second-order valence-electron chi connectivity index (χ2n) is 7.63. The molecule has 0 N–H and O–H groups in total. The fourth-order valence-electron chi connectivity index (χ4n) is 3.05. The minimum absolute atomic E-state index is 0.0138. The highest BCUT2D eigenvalue weighted by Gasteiger charge is 2.26. The minimum Gasteiger partial charge on any atom is -0.351 e. The molecule has 25 heavy (non-hydrogen) atoms. The van der Waals surface area contributed by atoms with Gasteiger partial charge in [0.05, 0.1) is 18.2 Å². The summed E-state index contributed by atoms with van der Waals surface area (Å²) in [6, 6.07) is 3.21. The van der Waals surface area contributed by atoms with E-state index in [2.05, 4.69) is 10.1 Å². The van der Waals surface area contributed by atoms with E-state index in [0.717, 1.165) is 18.5 Å². The van der Waals surface area contributed by atoms with Crippen molar-refractivity contribution in [2.75, 3.05) is 13.1 Å². The molecule has 1 amide bonds. The highest BCUT2D eigenvalue weighted by Crippen LogP contribution is 2.21. The average molecular weight is 344 g/mol. The average Bonchev–Trinajstić information content (AvgIpc) is 3.10. The number of hydrogen-bond acceptors (Lipinski definition) is 5. The molecule has 2 aromatic rings. The van der Waals surface area contributed by atoms with Crippen LogP contribution in [0.15, 0.2) is 34.0 Å². The Morgan fingerprint density at radius 2 is 2.04 bits per heavy atom. The van der Waals surface area contributed by atoms with Crippen LogP contribution in [0.1, 0.15) is 49.9 Å². The number of likely N-dealkylation sites (tertiary alicyclic amines) is 1. The molecule has 0 aromatic carbocycles. The van der Waals surface area contributed by atoms with Gasteiger partial charge in [0.1, 0.15) is 0 Å². The number of piperidine rings is 1. The van der Waals surface area contributed by atoms with Gasteiger partial charge in [-0.2, -0.15) is 0 Å². The Morgan fingerprint density at radius 1 is 1.32 bits per heavy atom. The van der Waals surface area contributed by atoms with Crippen molar-refractivity contribution in [2.45, 2.75) is 45.6 Å². The van der Waals surface area contributed by atoms with Gasteiger partial charge in [0, 0.05) is 37.2 Å². The lowest BCUT2D eigenvalue weighted by Gasteiger charge is -2.31. The molecule has 1 aliphatic heterocycles. The predicted octanol–water partition coefficient (Wildman–Crippen LogP) is 2.08. The smallest absolute Gasteiger partial charge is 0.292 e. The Morgan fingerprint density at radius 3 is 2.60 bits per heavy atom. The zero-order chi connectivity index (χ0) is 18.0. The van der Waals surface area contributed by atoms with Crippen molar-refractivity contribution >= 4 is 5.91 Å². The summed E-state index contributed by atoms with van der Waals surface area (Å²) < 4.78 is 6.60. The summed E-state index contributed by atoms with van der Waals surface area (Å²) in [5, 5.41) is 3.58. The third-order valence-electron chi connectivity index (χ3n) is 4.65. The maximum atomic E-state index is 12.3. The van der Waals surface area contributed by atoms with Crippen LogP contribution in [-0.2, 0) is 12.0 Å². The van der Waals surface area contributed by atoms with Gasteiger partial charge in [-0.3, -0.25) is 14.2 Å². The minimum atomic E-state index is -0.134. The van der Waals surface area contributed by atoms with Crippen molar-refractivity contribution < 1.29 is 9.32 Å². The molecular weight excluding hydrogens is 320 g/mol. The van der Waals surface area contributed by atoms with Gasteiger partial charge in [0.15, 0.2) is 0 Å². The molecule has 7 heteroatoms. The standard InChI is InChI=1S/C18H24N4O3/c1-18(2,3)15-10-16(23)22(12-19-15)11-13-5-8-21(9-6-13)17(24)14-4-7-20-25-14/h4,7,10,12-13H,5-6,8-9,11H2,1-3H3. The third kappa shape index (κ3) is 3.97. The fourth-order valence-corrected chi connectivity index (χ4v) is 3.05. The molecule has 134 valence electrons. The Bertz CT molecular complexity index is 781. The summed E-state index contributed by atoms with van der Waals surface area (Å²) in [7, 11) is 0. The van der Waals surface area contributed by atoms with Gasteiger partial charge in [0.25, 0.3) is 11.5 Å². The topological polar surface area (TPSA) is 81.2 Å². The number of carbonyl (C=O) groups is 1. The van der Waals surface area contributed by atoms with Gasteiger partial charge in [-0.05, 0) is 18.8 Å². The molecule has 1 saturated heterocycles. The second-order valence-corrected chi connectivity index (χ2v) is 7.63. The van der Waals surface area contributed by atoms with Crippen molar-refractivity contribution in [2.24, 2.45) is 5.92 Å². The van der Waals surface area contributed by atoms with Crippen LogP contribution in [0.3, 0.4) is 0 Å². The molecule has 0 spiro atoms. The summed E-state index contributed by atoms with van der Waals surface area (Å²) in [6.07, 6.45) is 4.83. The van der Waals surface area contributed by atoms with E-state index in [4.69, 9.17) is 4.52 Å². The number of carbonyl (C=O) groups excluding carboxylic acids is 1. The monoisotopic (exact) mass is 344 g/mol. The Labute approximate surface area is 146 Å². The molecule has 0 radical (unpaired) electrons. The maximum Gasteiger partial charge on any atom is 0.292 e. The van der Waals surface area contributed by atoms with Crippen LogP contribution >= 0.6 is 0 Å². The molecule has 7 nitrogen and oxygen atoms in total. The van der Waals surface area contributed by atoms with E-state index in [9.17, 15) is 9.59 Å². The molecule has 3 rings (SSSR count). The van der Waals surface area contributed by atoms with Crippen molar-refractivity contribution in [1.82, 2.24) is 19.6 Å². The summed E-state index contributed by atoms with van der Waals surface area (Å²) in [5.74, 6) is 0.514.